The van der Waals surface area contributed by atoms with Crippen LogP contribution in [-0.2, 0) is 13.1 Å². The van der Waals surface area contributed by atoms with Crippen molar-refractivity contribution < 1.29 is 0 Å². The molecule has 0 saturated carbocycles. The standard InChI is InChI=1S/C13H22N2Se/c1-14(2)9-11-7-6-8-12(10-15(3)4)13(11)16-5/h6-8H,9-10H2,1-5H3. The molecule has 0 amide bonds. The fraction of sp³-hybridized carbons (Fsp3) is 0.538. The number of rotatable bonds is 5. The summed E-state index contributed by atoms with van der Waals surface area (Å²) in [5.41, 5.74) is 2.98. The second-order valence-corrected chi connectivity index (χ2v) is 6.30. The number of benzene rings is 1. The zero-order chi connectivity index (χ0) is 12.1. The molecule has 16 heavy (non-hydrogen) atoms. The van der Waals surface area contributed by atoms with E-state index in [2.05, 4.69) is 62.0 Å². The molecule has 0 radical (unpaired) electrons. The predicted molar refractivity (Wildman–Crippen MR) is 72.5 cm³/mol. The van der Waals surface area contributed by atoms with Gasteiger partial charge in [0.1, 0.15) is 0 Å². The van der Waals surface area contributed by atoms with Crippen LogP contribution >= 0.6 is 0 Å². The maximum absolute atomic E-state index is 2.31. The molecule has 2 nitrogen and oxygen atoms in total. The summed E-state index contributed by atoms with van der Waals surface area (Å²) in [6.45, 7) is 2.10. The van der Waals surface area contributed by atoms with E-state index < -0.39 is 0 Å². The van der Waals surface area contributed by atoms with Crippen LogP contribution < -0.4 is 4.46 Å². The van der Waals surface area contributed by atoms with Crippen LogP contribution in [0.25, 0.3) is 0 Å². The van der Waals surface area contributed by atoms with E-state index in [-0.39, 0.29) is 0 Å². The Morgan fingerprint density at radius 2 is 1.38 bits per heavy atom. The summed E-state index contributed by atoms with van der Waals surface area (Å²) in [5, 5.41) is 0. The summed E-state index contributed by atoms with van der Waals surface area (Å²) < 4.78 is 1.58. The van der Waals surface area contributed by atoms with Crippen LogP contribution in [0.3, 0.4) is 0 Å². The fourth-order valence-electron chi connectivity index (χ4n) is 1.83. The zero-order valence-corrected chi connectivity index (χ0v) is 12.7. The third kappa shape index (κ3) is 3.91. The molecule has 0 N–H and O–H groups in total. The molecule has 0 aliphatic carbocycles. The molecular weight excluding hydrogens is 263 g/mol. The Hall–Kier alpha value is -0.341. The number of nitrogens with zero attached hydrogens (tertiary/aromatic N) is 2. The fourth-order valence-corrected chi connectivity index (χ4v) is 3.49. The van der Waals surface area contributed by atoms with Gasteiger partial charge in [-0.05, 0) is 0 Å². The quantitative estimate of drug-likeness (QED) is 0.750. The van der Waals surface area contributed by atoms with Crippen LogP contribution in [0.15, 0.2) is 18.2 Å². The first-order valence-corrected chi connectivity index (χ1v) is 8.05. The molecule has 0 atom stereocenters. The van der Waals surface area contributed by atoms with Crippen molar-refractivity contribution in [3.8, 4) is 0 Å². The van der Waals surface area contributed by atoms with E-state index in [1.807, 2.05) is 0 Å². The molecule has 0 unspecified atom stereocenters. The van der Waals surface area contributed by atoms with Crippen LogP contribution in [0.4, 0.5) is 0 Å². The average molecular weight is 285 g/mol. The molecule has 1 aromatic carbocycles. The molecular formula is C13H22N2Se. The summed E-state index contributed by atoms with van der Waals surface area (Å²) in [6.07, 6.45) is 0. The van der Waals surface area contributed by atoms with E-state index in [0.717, 1.165) is 13.1 Å². The first-order valence-electron chi connectivity index (χ1n) is 5.48. The zero-order valence-electron chi connectivity index (χ0n) is 10.9. The van der Waals surface area contributed by atoms with E-state index in [9.17, 15) is 0 Å². The SMILES string of the molecule is C[Se]c1c(CN(C)C)cccc1CN(C)C. The molecule has 3 heteroatoms. The van der Waals surface area contributed by atoms with Crippen molar-refractivity contribution >= 4 is 19.4 Å². The van der Waals surface area contributed by atoms with Crippen LogP contribution in [0.1, 0.15) is 11.1 Å². The van der Waals surface area contributed by atoms with Gasteiger partial charge in [-0.25, -0.2) is 0 Å². The van der Waals surface area contributed by atoms with Gasteiger partial charge in [0.2, 0.25) is 0 Å². The Balaban J connectivity index is 3.00. The van der Waals surface area contributed by atoms with Gasteiger partial charge in [0.05, 0.1) is 0 Å². The van der Waals surface area contributed by atoms with Gasteiger partial charge in [0.25, 0.3) is 0 Å². The van der Waals surface area contributed by atoms with Gasteiger partial charge in [-0.2, -0.15) is 0 Å². The first kappa shape index (κ1) is 13.7. The maximum atomic E-state index is 2.31. The summed E-state index contributed by atoms with van der Waals surface area (Å²) >= 11 is 0.567. The Labute approximate surface area is 106 Å². The van der Waals surface area contributed by atoms with Gasteiger partial charge in [-0.15, -0.1) is 0 Å². The van der Waals surface area contributed by atoms with Gasteiger partial charge in [0.15, 0.2) is 0 Å². The van der Waals surface area contributed by atoms with E-state index in [1.165, 1.54) is 11.1 Å². The molecule has 0 bridgehead atoms. The van der Waals surface area contributed by atoms with Crippen molar-refractivity contribution in [2.75, 3.05) is 28.2 Å². The van der Waals surface area contributed by atoms with Gasteiger partial charge < -0.3 is 0 Å². The van der Waals surface area contributed by atoms with Crippen molar-refractivity contribution in [1.82, 2.24) is 9.80 Å². The summed E-state index contributed by atoms with van der Waals surface area (Å²) in [6, 6.07) is 6.71. The first-order chi connectivity index (χ1) is 7.54. The van der Waals surface area contributed by atoms with Crippen LogP contribution in [0.2, 0.25) is 5.82 Å². The van der Waals surface area contributed by atoms with E-state index in [4.69, 9.17) is 0 Å². The van der Waals surface area contributed by atoms with Crippen molar-refractivity contribution in [3.63, 3.8) is 0 Å². The van der Waals surface area contributed by atoms with Crippen molar-refractivity contribution in [2.24, 2.45) is 0 Å². The Bertz CT molecular complexity index is 306. The monoisotopic (exact) mass is 286 g/mol. The molecule has 1 aromatic rings. The summed E-state index contributed by atoms with van der Waals surface area (Å²) in [5.74, 6) is 2.31. The molecule has 0 aliphatic heterocycles. The Morgan fingerprint density at radius 3 is 1.69 bits per heavy atom. The summed E-state index contributed by atoms with van der Waals surface area (Å²) in [7, 11) is 8.52. The molecule has 90 valence electrons. The topological polar surface area (TPSA) is 6.48 Å². The average Bonchev–Trinajstić information content (AvgIpc) is 2.16. The third-order valence-electron chi connectivity index (χ3n) is 2.36. The van der Waals surface area contributed by atoms with Gasteiger partial charge in [-0.3, -0.25) is 0 Å². The molecule has 0 fully saturated rings. The molecule has 0 aliphatic rings. The molecule has 1 rings (SSSR count). The third-order valence-corrected chi connectivity index (χ3v) is 4.31. The number of hydrogen-bond acceptors (Lipinski definition) is 2. The van der Waals surface area contributed by atoms with Crippen LogP contribution in [0, 0.1) is 0 Å². The van der Waals surface area contributed by atoms with Crippen molar-refractivity contribution in [1.29, 1.82) is 0 Å². The van der Waals surface area contributed by atoms with Crippen molar-refractivity contribution in [2.45, 2.75) is 18.9 Å². The van der Waals surface area contributed by atoms with E-state index >= 15 is 0 Å². The molecule has 0 spiro atoms. The second kappa shape index (κ2) is 6.41. The van der Waals surface area contributed by atoms with Crippen molar-refractivity contribution in [3.05, 3.63) is 29.3 Å². The van der Waals surface area contributed by atoms with Gasteiger partial charge >= 0.3 is 106 Å². The Morgan fingerprint density at radius 1 is 0.938 bits per heavy atom. The van der Waals surface area contributed by atoms with Gasteiger partial charge in [0, 0.05) is 0 Å². The molecule has 0 saturated heterocycles. The van der Waals surface area contributed by atoms with Crippen LogP contribution in [-0.4, -0.2) is 52.9 Å². The predicted octanol–water partition coefficient (Wildman–Crippen LogP) is 1.19. The summed E-state index contributed by atoms with van der Waals surface area (Å²) in [4.78, 5) is 4.48. The molecule has 0 aromatic heterocycles. The van der Waals surface area contributed by atoms with E-state index in [0.29, 0.717) is 15.0 Å². The van der Waals surface area contributed by atoms with Gasteiger partial charge in [-0.1, -0.05) is 0 Å². The minimum atomic E-state index is 0.567. The van der Waals surface area contributed by atoms with E-state index in [1.54, 1.807) is 4.46 Å². The minimum absolute atomic E-state index is 0.567. The number of hydrogen-bond donors (Lipinski definition) is 0. The molecule has 0 heterocycles. The Kier molecular flexibility index (Phi) is 5.50. The second-order valence-electron chi connectivity index (χ2n) is 4.59. The van der Waals surface area contributed by atoms with Crippen LogP contribution in [0.5, 0.6) is 0 Å². The normalized spacial score (nSPS) is 11.4.